The first-order chi connectivity index (χ1) is 16.0. The molecule has 0 radical (unpaired) electrons. The lowest BCUT2D eigenvalue weighted by atomic mass is 9.91. The summed E-state index contributed by atoms with van der Waals surface area (Å²) in [5.74, 6) is -3.03. The molecular weight excluding hydrogens is 454 g/mol. The van der Waals surface area contributed by atoms with Gasteiger partial charge in [-0.15, -0.1) is 0 Å². The van der Waals surface area contributed by atoms with Crippen molar-refractivity contribution in [3.63, 3.8) is 0 Å². The summed E-state index contributed by atoms with van der Waals surface area (Å²) < 4.78 is 46.0. The predicted molar refractivity (Wildman–Crippen MR) is 122 cm³/mol. The number of rotatable bonds is 6. The van der Waals surface area contributed by atoms with E-state index in [4.69, 9.17) is 9.90 Å². The quantitative estimate of drug-likeness (QED) is 0.447. The molecule has 0 heterocycles. The fourth-order valence-corrected chi connectivity index (χ4v) is 3.68. The van der Waals surface area contributed by atoms with Crippen LogP contribution in [0.5, 0.6) is 0 Å². The minimum absolute atomic E-state index is 0.0957. The number of anilines is 1. The molecule has 0 unspecified atom stereocenters. The van der Waals surface area contributed by atoms with Gasteiger partial charge in [-0.3, -0.25) is 4.79 Å². The maximum atomic E-state index is 14.3. The standard InChI is InChI=1S/C22H28FN3O.C2HF3O2/c1-15(27)26-21-6-3-16(4-7-21)17-5-12-22(23)18(13-17)14-25-20-10-8-19(24-2)9-11-20;3-2(4,5)1(6)7/h3-7,12-13,19-20,24-25H,8-11,14H2,1-2H3,(H,26,27);(H,6,7). The molecule has 3 rings (SSSR count). The van der Waals surface area contributed by atoms with Crippen molar-refractivity contribution in [3.05, 3.63) is 53.8 Å². The Hall–Kier alpha value is -2.98. The number of carbonyl (C=O) groups is 2. The molecule has 0 aliphatic heterocycles. The number of benzene rings is 2. The number of nitrogens with one attached hydrogen (secondary N) is 3. The fourth-order valence-electron chi connectivity index (χ4n) is 3.68. The molecular formula is C24H29F4N3O3. The number of aliphatic carboxylic acids is 1. The molecule has 0 bridgehead atoms. The first kappa shape index (κ1) is 27.3. The van der Waals surface area contributed by atoms with E-state index < -0.39 is 12.1 Å². The van der Waals surface area contributed by atoms with E-state index in [2.05, 4.69) is 16.0 Å². The van der Waals surface area contributed by atoms with Crippen LogP contribution in [0.4, 0.5) is 23.2 Å². The van der Waals surface area contributed by atoms with Crippen LogP contribution in [-0.4, -0.2) is 42.3 Å². The fraction of sp³-hybridized carbons (Fsp3) is 0.417. The van der Waals surface area contributed by atoms with E-state index in [9.17, 15) is 22.4 Å². The first-order valence-electron chi connectivity index (χ1n) is 10.9. The molecule has 10 heteroatoms. The number of halogens is 4. The Bertz CT molecular complexity index is 957. The molecule has 6 nitrogen and oxygen atoms in total. The van der Waals surface area contributed by atoms with Crippen LogP contribution >= 0.6 is 0 Å². The van der Waals surface area contributed by atoms with E-state index in [0.29, 0.717) is 24.2 Å². The van der Waals surface area contributed by atoms with Crippen molar-refractivity contribution in [2.45, 2.75) is 57.4 Å². The maximum Gasteiger partial charge on any atom is 0.490 e. The molecule has 1 amide bonds. The highest BCUT2D eigenvalue weighted by molar-refractivity contribution is 5.89. The minimum atomic E-state index is -5.08. The van der Waals surface area contributed by atoms with Crippen molar-refractivity contribution in [2.75, 3.05) is 12.4 Å². The molecule has 0 atom stereocenters. The van der Waals surface area contributed by atoms with Crippen LogP contribution in [0.3, 0.4) is 0 Å². The highest BCUT2D eigenvalue weighted by Gasteiger charge is 2.38. The average molecular weight is 484 g/mol. The lowest BCUT2D eigenvalue weighted by Gasteiger charge is -2.29. The van der Waals surface area contributed by atoms with Crippen LogP contribution in [0.15, 0.2) is 42.5 Å². The van der Waals surface area contributed by atoms with Gasteiger partial charge in [0.15, 0.2) is 0 Å². The molecule has 1 fully saturated rings. The number of hydrogen-bond donors (Lipinski definition) is 4. The van der Waals surface area contributed by atoms with Gasteiger partial charge in [0.2, 0.25) is 5.91 Å². The molecule has 1 saturated carbocycles. The predicted octanol–water partition coefficient (Wildman–Crippen LogP) is 4.70. The SMILES string of the molecule is CNC1CCC(NCc2cc(-c3ccc(NC(C)=O)cc3)ccc2F)CC1.O=C(O)C(F)(F)F. The molecule has 0 spiro atoms. The Balaban J connectivity index is 0.000000509. The van der Waals surface area contributed by atoms with Crippen molar-refractivity contribution in [1.29, 1.82) is 0 Å². The van der Waals surface area contributed by atoms with E-state index in [0.717, 1.165) is 42.5 Å². The van der Waals surface area contributed by atoms with Crippen molar-refractivity contribution >= 4 is 17.6 Å². The highest BCUT2D eigenvalue weighted by Crippen LogP contribution is 2.25. The Morgan fingerprint density at radius 1 is 0.971 bits per heavy atom. The van der Waals surface area contributed by atoms with Gasteiger partial charge in [0, 0.05) is 36.8 Å². The van der Waals surface area contributed by atoms with Crippen LogP contribution in [-0.2, 0) is 16.1 Å². The van der Waals surface area contributed by atoms with E-state index in [1.165, 1.54) is 13.0 Å². The van der Waals surface area contributed by atoms with E-state index in [-0.39, 0.29) is 11.7 Å². The molecule has 1 aliphatic carbocycles. The Morgan fingerprint density at radius 2 is 1.50 bits per heavy atom. The number of carbonyl (C=O) groups excluding carboxylic acids is 1. The summed E-state index contributed by atoms with van der Waals surface area (Å²) in [5.41, 5.74) is 3.42. The van der Waals surface area contributed by atoms with Crippen LogP contribution in [0.2, 0.25) is 0 Å². The summed E-state index contributed by atoms with van der Waals surface area (Å²) in [7, 11) is 2.02. The number of hydrogen-bond acceptors (Lipinski definition) is 4. The molecule has 0 saturated heterocycles. The van der Waals surface area contributed by atoms with Gasteiger partial charge in [-0.1, -0.05) is 18.2 Å². The zero-order valence-corrected chi connectivity index (χ0v) is 19.0. The molecule has 186 valence electrons. The Kier molecular flexibility index (Phi) is 10.0. The summed E-state index contributed by atoms with van der Waals surface area (Å²) in [6.45, 7) is 2.02. The molecule has 34 heavy (non-hydrogen) atoms. The summed E-state index contributed by atoms with van der Waals surface area (Å²) in [6.07, 6.45) is -0.510. The summed E-state index contributed by atoms with van der Waals surface area (Å²) >= 11 is 0. The maximum absolute atomic E-state index is 14.3. The summed E-state index contributed by atoms with van der Waals surface area (Å²) in [5, 5.41) is 16.7. The molecule has 2 aromatic rings. The number of carboxylic acid groups (broad SMARTS) is 1. The van der Waals surface area contributed by atoms with Crippen molar-refractivity contribution < 1.29 is 32.3 Å². The zero-order chi connectivity index (χ0) is 25.3. The van der Waals surface area contributed by atoms with Crippen LogP contribution < -0.4 is 16.0 Å². The second-order valence-corrected chi connectivity index (χ2v) is 8.09. The highest BCUT2D eigenvalue weighted by atomic mass is 19.4. The van der Waals surface area contributed by atoms with Gasteiger partial charge in [0.1, 0.15) is 5.82 Å². The summed E-state index contributed by atoms with van der Waals surface area (Å²) in [4.78, 5) is 20.0. The number of amides is 1. The van der Waals surface area contributed by atoms with Gasteiger partial charge in [-0.2, -0.15) is 13.2 Å². The third-order valence-electron chi connectivity index (χ3n) is 5.54. The van der Waals surface area contributed by atoms with Crippen molar-refractivity contribution in [1.82, 2.24) is 10.6 Å². The van der Waals surface area contributed by atoms with E-state index in [1.54, 1.807) is 6.07 Å². The second kappa shape index (κ2) is 12.5. The van der Waals surface area contributed by atoms with Crippen LogP contribution in [0.25, 0.3) is 11.1 Å². The van der Waals surface area contributed by atoms with Crippen molar-refractivity contribution in [3.8, 4) is 11.1 Å². The molecule has 2 aromatic carbocycles. The first-order valence-corrected chi connectivity index (χ1v) is 10.9. The van der Waals surface area contributed by atoms with Crippen LogP contribution in [0, 0.1) is 5.82 Å². The average Bonchev–Trinajstić information content (AvgIpc) is 2.79. The van der Waals surface area contributed by atoms with Gasteiger partial charge in [-0.25, -0.2) is 9.18 Å². The molecule has 1 aliphatic rings. The van der Waals surface area contributed by atoms with Gasteiger partial charge < -0.3 is 21.1 Å². The number of alkyl halides is 3. The molecule has 0 aromatic heterocycles. The van der Waals surface area contributed by atoms with Gasteiger partial charge in [0.05, 0.1) is 0 Å². The van der Waals surface area contributed by atoms with E-state index >= 15 is 0 Å². The smallest absolute Gasteiger partial charge is 0.475 e. The monoisotopic (exact) mass is 483 g/mol. The van der Waals surface area contributed by atoms with Crippen LogP contribution in [0.1, 0.15) is 38.2 Å². The Morgan fingerprint density at radius 3 is 2.00 bits per heavy atom. The second-order valence-electron chi connectivity index (χ2n) is 8.09. The molecule has 4 N–H and O–H groups in total. The lowest BCUT2D eigenvalue weighted by molar-refractivity contribution is -0.192. The topological polar surface area (TPSA) is 90.5 Å². The van der Waals surface area contributed by atoms with E-state index in [1.807, 2.05) is 37.4 Å². The number of carboxylic acids is 1. The normalized spacial score (nSPS) is 17.9. The minimum Gasteiger partial charge on any atom is -0.475 e. The van der Waals surface area contributed by atoms with Gasteiger partial charge >= 0.3 is 12.1 Å². The summed E-state index contributed by atoms with van der Waals surface area (Å²) in [6, 6.07) is 13.9. The zero-order valence-electron chi connectivity index (χ0n) is 19.0. The Labute approximate surface area is 195 Å². The van der Waals surface area contributed by atoms with Gasteiger partial charge in [-0.05, 0) is 68.1 Å². The third-order valence-corrected chi connectivity index (χ3v) is 5.54. The van der Waals surface area contributed by atoms with Gasteiger partial charge in [0.25, 0.3) is 0 Å². The third kappa shape index (κ3) is 8.75. The largest absolute Gasteiger partial charge is 0.490 e. The van der Waals surface area contributed by atoms with Crippen molar-refractivity contribution in [2.24, 2.45) is 0 Å². The lowest BCUT2D eigenvalue weighted by Crippen LogP contribution is -2.38.